The quantitative estimate of drug-likeness (QED) is 0.448. The molecule has 0 aliphatic carbocycles. The van der Waals surface area contributed by atoms with E-state index < -0.39 is 6.10 Å². The Bertz CT molecular complexity index is 940. The Morgan fingerprint density at radius 3 is 2.03 bits per heavy atom. The van der Waals surface area contributed by atoms with Crippen LogP contribution in [0.3, 0.4) is 0 Å². The van der Waals surface area contributed by atoms with E-state index in [0.717, 1.165) is 26.2 Å². The summed E-state index contributed by atoms with van der Waals surface area (Å²) in [6.07, 6.45) is -0.624. The van der Waals surface area contributed by atoms with Gasteiger partial charge in [-0.3, -0.25) is 14.6 Å². The molecule has 0 aromatic heterocycles. The van der Waals surface area contributed by atoms with Gasteiger partial charge >= 0.3 is 0 Å². The van der Waals surface area contributed by atoms with Crippen LogP contribution in [-0.4, -0.2) is 100 Å². The van der Waals surface area contributed by atoms with E-state index in [2.05, 4.69) is 9.80 Å². The molecular formula is C27H39N3O6. The zero-order chi connectivity index (χ0) is 25.9. The van der Waals surface area contributed by atoms with Crippen molar-refractivity contribution < 1.29 is 28.8 Å². The first-order chi connectivity index (χ1) is 17.5. The van der Waals surface area contributed by atoms with Crippen molar-refractivity contribution in [3.8, 4) is 23.0 Å². The summed E-state index contributed by atoms with van der Waals surface area (Å²) in [6, 6.07) is 13.0. The number of carbonyl (C=O) groups excluding carboxylic acids is 1. The van der Waals surface area contributed by atoms with E-state index in [-0.39, 0.29) is 12.5 Å². The SMILES string of the molecule is CCOc1cccc(OCC)c1N(C)C(=O)CN1CCN(CC(O)COc2ccccc2OC)CC1. The van der Waals surface area contributed by atoms with Crippen LogP contribution in [-0.2, 0) is 4.79 Å². The summed E-state index contributed by atoms with van der Waals surface area (Å²) < 4.78 is 22.6. The zero-order valence-corrected chi connectivity index (χ0v) is 21.8. The lowest BCUT2D eigenvalue weighted by molar-refractivity contribution is -0.120. The summed E-state index contributed by atoms with van der Waals surface area (Å²) >= 11 is 0. The van der Waals surface area contributed by atoms with E-state index in [0.29, 0.717) is 55.0 Å². The Labute approximate surface area is 214 Å². The first-order valence-electron chi connectivity index (χ1n) is 12.5. The van der Waals surface area contributed by atoms with E-state index >= 15 is 0 Å². The van der Waals surface area contributed by atoms with E-state index in [1.807, 2.05) is 56.3 Å². The van der Waals surface area contributed by atoms with Gasteiger partial charge in [0.25, 0.3) is 0 Å². The van der Waals surface area contributed by atoms with Gasteiger partial charge < -0.3 is 29.0 Å². The van der Waals surface area contributed by atoms with E-state index in [1.54, 1.807) is 19.1 Å². The number of aliphatic hydroxyl groups is 1. The number of hydrogen-bond donors (Lipinski definition) is 1. The molecule has 1 atom stereocenters. The van der Waals surface area contributed by atoms with Crippen molar-refractivity contribution in [2.24, 2.45) is 0 Å². The van der Waals surface area contributed by atoms with Crippen LogP contribution >= 0.6 is 0 Å². The maximum absolute atomic E-state index is 13.1. The van der Waals surface area contributed by atoms with Crippen LogP contribution in [0.15, 0.2) is 42.5 Å². The van der Waals surface area contributed by atoms with Gasteiger partial charge in [-0.15, -0.1) is 0 Å². The average Bonchev–Trinajstić information content (AvgIpc) is 2.89. The minimum Gasteiger partial charge on any atom is -0.493 e. The van der Waals surface area contributed by atoms with E-state index in [9.17, 15) is 9.90 Å². The minimum atomic E-state index is -0.624. The topological polar surface area (TPSA) is 83.9 Å². The monoisotopic (exact) mass is 501 g/mol. The van der Waals surface area contributed by atoms with Gasteiger partial charge in [-0.1, -0.05) is 18.2 Å². The van der Waals surface area contributed by atoms with Crippen LogP contribution in [0.2, 0.25) is 0 Å². The van der Waals surface area contributed by atoms with Gasteiger partial charge in [-0.25, -0.2) is 0 Å². The molecule has 1 fully saturated rings. The zero-order valence-electron chi connectivity index (χ0n) is 21.8. The predicted octanol–water partition coefficient (Wildman–Crippen LogP) is 2.51. The molecule has 0 saturated carbocycles. The van der Waals surface area contributed by atoms with Crippen molar-refractivity contribution in [3.05, 3.63) is 42.5 Å². The number of β-amino-alcohol motifs (C(OH)–C–C–N with tert-alkyl or cyclic N) is 1. The second kappa shape index (κ2) is 13.9. The Morgan fingerprint density at radius 1 is 0.889 bits per heavy atom. The van der Waals surface area contributed by atoms with Crippen LogP contribution in [0.5, 0.6) is 23.0 Å². The molecule has 0 bridgehead atoms. The molecule has 1 amide bonds. The van der Waals surface area contributed by atoms with Crippen LogP contribution in [0.25, 0.3) is 0 Å². The van der Waals surface area contributed by atoms with Gasteiger partial charge in [0.1, 0.15) is 29.9 Å². The standard InChI is InChI=1S/C27H39N3O6/c1-5-34-24-12-9-13-25(35-6-2)27(24)28(3)26(32)19-30-16-14-29(15-17-30)18-21(31)20-36-23-11-8-7-10-22(23)33-4/h7-13,21,31H,5-6,14-20H2,1-4H3. The van der Waals surface area contributed by atoms with Crippen molar-refractivity contribution in [1.29, 1.82) is 0 Å². The molecule has 1 heterocycles. The number of ether oxygens (including phenoxy) is 4. The third kappa shape index (κ3) is 7.49. The number of para-hydroxylation sites is 3. The fourth-order valence-electron chi connectivity index (χ4n) is 4.20. The summed E-state index contributed by atoms with van der Waals surface area (Å²) in [5.74, 6) is 2.50. The number of likely N-dealkylation sites (N-methyl/N-ethyl adjacent to an activating group) is 1. The summed E-state index contributed by atoms with van der Waals surface area (Å²) in [4.78, 5) is 19.1. The molecule has 1 N–H and O–H groups in total. The Morgan fingerprint density at radius 2 is 1.44 bits per heavy atom. The number of anilines is 1. The molecule has 3 rings (SSSR count). The van der Waals surface area contributed by atoms with Gasteiger partial charge in [-0.2, -0.15) is 0 Å². The summed E-state index contributed by atoms with van der Waals surface area (Å²) in [7, 11) is 3.35. The third-order valence-corrected chi connectivity index (χ3v) is 6.06. The Kier molecular flexibility index (Phi) is 10.7. The highest BCUT2D eigenvalue weighted by molar-refractivity contribution is 5.97. The first-order valence-corrected chi connectivity index (χ1v) is 12.5. The van der Waals surface area contributed by atoms with Gasteiger partial charge in [-0.05, 0) is 38.1 Å². The number of piperazine rings is 1. The number of rotatable bonds is 13. The normalized spacial score (nSPS) is 15.2. The molecule has 2 aromatic rings. The Balaban J connectivity index is 1.48. The second-order valence-corrected chi connectivity index (χ2v) is 8.61. The molecule has 1 aliphatic heterocycles. The molecule has 1 aliphatic rings. The highest BCUT2D eigenvalue weighted by Gasteiger charge is 2.25. The van der Waals surface area contributed by atoms with Crippen LogP contribution in [0.4, 0.5) is 5.69 Å². The lowest BCUT2D eigenvalue weighted by atomic mass is 10.2. The number of carbonyl (C=O) groups is 1. The Hall–Kier alpha value is -3.01. The lowest BCUT2D eigenvalue weighted by Crippen LogP contribution is -2.51. The highest BCUT2D eigenvalue weighted by Crippen LogP contribution is 2.37. The van der Waals surface area contributed by atoms with Gasteiger partial charge in [0.05, 0.1) is 26.9 Å². The lowest BCUT2D eigenvalue weighted by Gasteiger charge is -2.36. The number of nitrogens with zero attached hydrogens (tertiary/aromatic N) is 3. The maximum atomic E-state index is 13.1. The largest absolute Gasteiger partial charge is 0.493 e. The van der Waals surface area contributed by atoms with Crippen molar-refractivity contribution in [3.63, 3.8) is 0 Å². The summed E-state index contributed by atoms with van der Waals surface area (Å²) in [5.41, 5.74) is 0.656. The minimum absolute atomic E-state index is 0.0261. The van der Waals surface area contributed by atoms with Crippen LogP contribution in [0.1, 0.15) is 13.8 Å². The molecule has 9 nitrogen and oxygen atoms in total. The smallest absolute Gasteiger partial charge is 0.241 e. The molecule has 1 saturated heterocycles. The predicted molar refractivity (Wildman–Crippen MR) is 140 cm³/mol. The molecule has 198 valence electrons. The molecule has 1 unspecified atom stereocenters. The fourth-order valence-corrected chi connectivity index (χ4v) is 4.20. The number of hydrogen-bond acceptors (Lipinski definition) is 8. The molecule has 36 heavy (non-hydrogen) atoms. The number of benzene rings is 2. The average molecular weight is 502 g/mol. The van der Waals surface area contributed by atoms with E-state index in [1.165, 1.54) is 0 Å². The van der Waals surface area contributed by atoms with Crippen molar-refractivity contribution >= 4 is 11.6 Å². The summed E-state index contributed by atoms with van der Waals surface area (Å²) in [5, 5.41) is 10.5. The number of aliphatic hydroxyl groups excluding tert-OH is 1. The third-order valence-electron chi connectivity index (χ3n) is 6.06. The number of methoxy groups -OCH3 is 1. The van der Waals surface area contributed by atoms with Gasteiger partial charge in [0.15, 0.2) is 11.5 Å². The molecule has 0 spiro atoms. The first kappa shape index (κ1) is 27.6. The maximum Gasteiger partial charge on any atom is 0.241 e. The molecule has 0 radical (unpaired) electrons. The van der Waals surface area contributed by atoms with Crippen molar-refractivity contribution in [1.82, 2.24) is 9.80 Å². The van der Waals surface area contributed by atoms with Crippen LogP contribution in [0, 0.1) is 0 Å². The van der Waals surface area contributed by atoms with E-state index in [4.69, 9.17) is 18.9 Å². The van der Waals surface area contributed by atoms with Crippen molar-refractivity contribution in [2.75, 3.05) is 78.1 Å². The van der Waals surface area contributed by atoms with Gasteiger partial charge in [0.2, 0.25) is 5.91 Å². The molecule has 2 aromatic carbocycles. The summed E-state index contributed by atoms with van der Waals surface area (Å²) in [6.45, 7) is 8.85. The number of amides is 1. The highest BCUT2D eigenvalue weighted by atomic mass is 16.5. The van der Waals surface area contributed by atoms with Crippen LogP contribution < -0.4 is 23.8 Å². The molecule has 9 heteroatoms. The second-order valence-electron chi connectivity index (χ2n) is 8.61. The van der Waals surface area contributed by atoms with Gasteiger partial charge in [0, 0.05) is 39.8 Å². The molecular weight excluding hydrogens is 462 g/mol. The fraction of sp³-hybridized carbons (Fsp3) is 0.519. The van der Waals surface area contributed by atoms with Crippen molar-refractivity contribution in [2.45, 2.75) is 20.0 Å².